The Morgan fingerprint density at radius 1 is 1.14 bits per heavy atom. The first kappa shape index (κ1) is 14.6. The number of aryl methyl sites for hydroxylation is 2. The molecule has 2 aromatic carbocycles. The Balaban J connectivity index is 1.99. The molecule has 21 heavy (non-hydrogen) atoms. The largest absolute Gasteiger partial charge is 0.377 e. The van der Waals surface area contributed by atoms with Crippen LogP contribution in [0, 0.1) is 12.3 Å². The van der Waals surface area contributed by atoms with E-state index >= 15 is 0 Å². The highest BCUT2D eigenvalue weighted by Crippen LogP contribution is 2.45. The van der Waals surface area contributed by atoms with E-state index in [1.54, 1.807) is 0 Å². The Hall–Kier alpha value is -1.28. The van der Waals surface area contributed by atoms with Gasteiger partial charge in [-0.1, -0.05) is 44.2 Å². The van der Waals surface area contributed by atoms with Crippen molar-refractivity contribution in [2.75, 3.05) is 5.32 Å². The van der Waals surface area contributed by atoms with Gasteiger partial charge in [-0.2, -0.15) is 0 Å². The maximum Gasteiger partial charge on any atom is 0.0567 e. The van der Waals surface area contributed by atoms with Crippen molar-refractivity contribution in [2.45, 2.75) is 39.7 Å². The van der Waals surface area contributed by atoms with Crippen LogP contribution in [0.25, 0.3) is 0 Å². The monoisotopic (exact) mass is 343 g/mol. The number of anilines is 1. The highest BCUT2D eigenvalue weighted by Gasteiger charge is 2.35. The molecule has 0 bridgehead atoms. The van der Waals surface area contributed by atoms with Crippen LogP contribution in [0.2, 0.25) is 0 Å². The molecule has 0 saturated carbocycles. The van der Waals surface area contributed by atoms with Crippen molar-refractivity contribution in [1.82, 2.24) is 0 Å². The molecule has 1 nitrogen and oxygen atoms in total. The molecule has 0 amide bonds. The van der Waals surface area contributed by atoms with E-state index in [0.29, 0.717) is 6.04 Å². The Labute approximate surface area is 135 Å². The second kappa shape index (κ2) is 5.49. The smallest absolute Gasteiger partial charge is 0.0567 e. The summed E-state index contributed by atoms with van der Waals surface area (Å²) in [6.07, 6.45) is 2.39. The molecular weight excluding hydrogens is 322 g/mol. The Bertz CT molecular complexity index is 660. The lowest BCUT2D eigenvalue weighted by Crippen LogP contribution is -2.33. The fraction of sp³-hybridized carbons (Fsp3) is 0.368. The van der Waals surface area contributed by atoms with Gasteiger partial charge in [-0.25, -0.2) is 0 Å². The van der Waals surface area contributed by atoms with Gasteiger partial charge in [-0.15, -0.1) is 0 Å². The van der Waals surface area contributed by atoms with Gasteiger partial charge in [0.25, 0.3) is 0 Å². The number of hydrogen-bond donors (Lipinski definition) is 1. The summed E-state index contributed by atoms with van der Waals surface area (Å²) < 4.78 is 1.14. The van der Waals surface area contributed by atoms with Gasteiger partial charge >= 0.3 is 0 Å². The molecule has 1 unspecified atom stereocenters. The average Bonchev–Trinajstić information content (AvgIpc) is 2.44. The maximum atomic E-state index is 3.78. The van der Waals surface area contributed by atoms with Crippen LogP contribution in [0.1, 0.15) is 43.0 Å². The molecule has 1 aliphatic rings. The quantitative estimate of drug-likeness (QED) is 0.717. The van der Waals surface area contributed by atoms with Crippen molar-refractivity contribution in [3.8, 4) is 0 Å². The third-order valence-electron chi connectivity index (χ3n) is 4.61. The predicted molar refractivity (Wildman–Crippen MR) is 93.8 cm³/mol. The molecule has 0 heterocycles. The van der Waals surface area contributed by atoms with Gasteiger partial charge < -0.3 is 5.32 Å². The fourth-order valence-electron chi connectivity index (χ4n) is 3.23. The first-order valence-electron chi connectivity index (χ1n) is 7.58. The molecule has 2 heteroatoms. The van der Waals surface area contributed by atoms with Gasteiger partial charge in [0.2, 0.25) is 0 Å². The molecule has 3 rings (SSSR count). The summed E-state index contributed by atoms with van der Waals surface area (Å²) in [5, 5.41) is 3.78. The van der Waals surface area contributed by atoms with E-state index in [0.717, 1.165) is 4.47 Å². The van der Waals surface area contributed by atoms with E-state index in [1.165, 1.54) is 35.2 Å². The molecule has 0 saturated heterocycles. The zero-order valence-electron chi connectivity index (χ0n) is 12.9. The van der Waals surface area contributed by atoms with Crippen molar-refractivity contribution in [2.24, 2.45) is 5.41 Å². The zero-order chi connectivity index (χ0) is 15.0. The number of halogens is 1. The van der Waals surface area contributed by atoms with Gasteiger partial charge in [0.1, 0.15) is 0 Å². The number of rotatable bonds is 2. The summed E-state index contributed by atoms with van der Waals surface area (Å²) in [5.41, 5.74) is 5.63. The summed E-state index contributed by atoms with van der Waals surface area (Å²) in [7, 11) is 0. The first-order chi connectivity index (χ1) is 9.97. The molecule has 1 aliphatic carbocycles. The molecule has 110 valence electrons. The van der Waals surface area contributed by atoms with Crippen LogP contribution >= 0.6 is 15.9 Å². The number of nitrogens with one attached hydrogen (secondary N) is 1. The van der Waals surface area contributed by atoms with E-state index in [4.69, 9.17) is 0 Å². The van der Waals surface area contributed by atoms with Crippen LogP contribution < -0.4 is 5.32 Å². The lowest BCUT2D eigenvalue weighted by atomic mass is 9.70. The zero-order valence-corrected chi connectivity index (χ0v) is 14.5. The van der Waals surface area contributed by atoms with Crippen LogP contribution in [-0.2, 0) is 6.42 Å². The molecular formula is C19H22BrN. The van der Waals surface area contributed by atoms with Gasteiger partial charge in [0.05, 0.1) is 6.04 Å². The highest BCUT2D eigenvalue weighted by molar-refractivity contribution is 9.10. The van der Waals surface area contributed by atoms with Crippen molar-refractivity contribution in [3.05, 3.63) is 63.6 Å². The lowest BCUT2D eigenvalue weighted by Gasteiger charge is -2.41. The Kier molecular flexibility index (Phi) is 3.83. The third-order valence-corrected chi connectivity index (χ3v) is 5.27. The third kappa shape index (κ3) is 2.87. The molecule has 2 aromatic rings. The minimum atomic E-state index is 0.249. The second-order valence-corrected chi connectivity index (χ2v) is 7.60. The highest BCUT2D eigenvalue weighted by atomic mass is 79.9. The van der Waals surface area contributed by atoms with Crippen LogP contribution in [-0.4, -0.2) is 0 Å². The van der Waals surface area contributed by atoms with Crippen LogP contribution in [0.5, 0.6) is 0 Å². The molecule has 1 N–H and O–H groups in total. The average molecular weight is 344 g/mol. The van der Waals surface area contributed by atoms with Crippen molar-refractivity contribution in [1.29, 1.82) is 0 Å². The Morgan fingerprint density at radius 2 is 1.90 bits per heavy atom. The number of fused-ring (bicyclic) bond motifs is 1. The van der Waals surface area contributed by atoms with E-state index in [2.05, 4.69) is 84.5 Å². The van der Waals surface area contributed by atoms with E-state index in [-0.39, 0.29) is 5.41 Å². The van der Waals surface area contributed by atoms with Crippen LogP contribution in [0.4, 0.5) is 5.69 Å². The van der Waals surface area contributed by atoms with E-state index in [9.17, 15) is 0 Å². The van der Waals surface area contributed by atoms with Crippen LogP contribution in [0.15, 0.2) is 46.9 Å². The SMILES string of the molecule is Cc1ccc(NC2c3ccccc3CCC2(C)C)c(Br)c1. The minimum Gasteiger partial charge on any atom is -0.377 e. The summed E-state index contributed by atoms with van der Waals surface area (Å²) in [4.78, 5) is 0. The van der Waals surface area contributed by atoms with Gasteiger partial charge in [0.15, 0.2) is 0 Å². The van der Waals surface area contributed by atoms with Crippen molar-refractivity contribution >= 4 is 21.6 Å². The molecule has 0 spiro atoms. The minimum absolute atomic E-state index is 0.249. The first-order valence-corrected chi connectivity index (χ1v) is 8.37. The van der Waals surface area contributed by atoms with Gasteiger partial charge in [0, 0.05) is 10.2 Å². The molecule has 0 aromatic heterocycles. The van der Waals surface area contributed by atoms with Gasteiger partial charge in [-0.05, 0) is 69.9 Å². The lowest BCUT2D eigenvalue weighted by molar-refractivity contribution is 0.265. The normalized spacial score (nSPS) is 19.9. The topological polar surface area (TPSA) is 12.0 Å². The molecule has 0 radical (unpaired) electrons. The maximum absolute atomic E-state index is 3.78. The van der Waals surface area contributed by atoms with Crippen LogP contribution in [0.3, 0.4) is 0 Å². The summed E-state index contributed by atoms with van der Waals surface area (Å²) in [5.74, 6) is 0. The number of benzene rings is 2. The summed E-state index contributed by atoms with van der Waals surface area (Å²) in [6.45, 7) is 6.85. The van der Waals surface area contributed by atoms with E-state index in [1.807, 2.05) is 0 Å². The second-order valence-electron chi connectivity index (χ2n) is 6.75. The van der Waals surface area contributed by atoms with Crippen molar-refractivity contribution < 1.29 is 0 Å². The van der Waals surface area contributed by atoms with E-state index < -0.39 is 0 Å². The standard InChI is InChI=1S/C19H22BrN/c1-13-8-9-17(16(20)12-13)21-18-15-7-5-4-6-14(15)10-11-19(18,2)3/h4-9,12,18,21H,10-11H2,1-3H3. The molecule has 0 fully saturated rings. The van der Waals surface area contributed by atoms with Crippen molar-refractivity contribution in [3.63, 3.8) is 0 Å². The summed E-state index contributed by atoms with van der Waals surface area (Å²) in [6, 6.07) is 15.7. The molecule has 0 aliphatic heterocycles. The summed E-state index contributed by atoms with van der Waals surface area (Å²) >= 11 is 3.69. The van der Waals surface area contributed by atoms with Gasteiger partial charge in [-0.3, -0.25) is 0 Å². The number of hydrogen-bond acceptors (Lipinski definition) is 1. The molecule has 1 atom stereocenters. The Morgan fingerprint density at radius 3 is 2.67 bits per heavy atom. The predicted octanol–water partition coefficient (Wildman–Crippen LogP) is 5.88. The fourth-order valence-corrected chi connectivity index (χ4v) is 3.84.